The number of fused-ring (bicyclic) bond motifs is 1. The first-order chi connectivity index (χ1) is 14.8. The van der Waals surface area contributed by atoms with E-state index in [0.29, 0.717) is 12.1 Å². The maximum atomic E-state index is 13.8. The van der Waals surface area contributed by atoms with Crippen molar-refractivity contribution in [2.45, 2.75) is 56.8 Å². The Morgan fingerprint density at radius 2 is 1.70 bits per heavy atom. The van der Waals surface area contributed by atoms with Crippen molar-refractivity contribution in [3.63, 3.8) is 0 Å². The van der Waals surface area contributed by atoms with E-state index in [1.54, 1.807) is 0 Å². The number of hydrogen-bond donors (Lipinski definition) is 1. The summed E-state index contributed by atoms with van der Waals surface area (Å²) in [7, 11) is -1.51. The fraction of sp³-hybridized carbons (Fsp3) is 0.385. The third-order valence-electron chi connectivity index (χ3n) is 6.83. The molecular formula is C26H30N2OP+. The SMILES string of the molecule is O=[P+]1C2=CCC=CC2[C@@H](c2ccccc2)N1[C@H]1CCCC[C@@H]1NCc1ccccc1. The lowest BCUT2D eigenvalue weighted by Gasteiger charge is -2.36. The van der Waals surface area contributed by atoms with Gasteiger partial charge >= 0.3 is 7.95 Å². The molecule has 3 aliphatic rings. The minimum atomic E-state index is -1.51. The Balaban J connectivity index is 1.45. The van der Waals surface area contributed by atoms with Crippen LogP contribution in [0.15, 0.2) is 84.2 Å². The van der Waals surface area contributed by atoms with Crippen LogP contribution in [0.25, 0.3) is 0 Å². The molecule has 3 nitrogen and oxygen atoms in total. The monoisotopic (exact) mass is 417 g/mol. The van der Waals surface area contributed by atoms with Gasteiger partial charge < -0.3 is 5.32 Å². The Kier molecular flexibility index (Phi) is 5.95. The van der Waals surface area contributed by atoms with Gasteiger partial charge in [0.1, 0.15) is 0 Å². The van der Waals surface area contributed by atoms with E-state index in [2.05, 4.69) is 88.9 Å². The Bertz CT molecular complexity index is 940. The summed E-state index contributed by atoms with van der Waals surface area (Å²) in [5.41, 5.74) is 2.60. The highest BCUT2D eigenvalue weighted by atomic mass is 31.1. The predicted molar refractivity (Wildman–Crippen MR) is 123 cm³/mol. The fourth-order valence-corrected chi connectivity index (χ4v) is 7.45. The molecule has 2 aliphatic carbocycles. The van der Waals surface area contributed by atoms with E-state index in [9.17, 15) is 4.57 Å². The van der Waals surface area contributed by atoms with Gasteiger partial charge in [-0.25, -0.2) is 0 Å². The third-order valence-corrected chi connectivity index (χ3v) is 8.71. The van der Waals surface area contributed by atoms with Crippen molar-refractivity contribution in [1.82, 2.24) is 9.99 Å². The van der Waals surface area contributed by atoms with Gasteiger partial charge in [0.2, 0.25) is 0 Å². The lowest BCUT2D eigenvalue weighted by atomic mass is 9.85. The van der Waals surface area contributed by atoms with E-state index >= 15 is 0 Å². The second-order valence-electron chi connectivity index (χ2n) is 8.65. The maximum absolute atomic E-state index is 13.8. The van der Waals surface area contributed by atoms with E-state index in [1.165, 1.54) is 24.0 Å². The van der Waals surface area contributed by atoms with E-state index in [4.69, 9.17) is 0 Å². The summed E-state index contributed by atoms with van der Waals surface area (Å²) in [6.45, 7) is 0.870. The molecule has 1 N–H and O–H groups in total. The smallest absolute Gasteiger partial charge is 0.308 e. The van der Waals surface area contributed by atoms with Crippen LogP contribution in [0.1, 0.15) is 49.3 Å². The Labute approximate surface area is 180 Å². The molecule has 2 aromatic carbocycles. The number of benzene rings is 2. The van der Waals surface area contributed by atoms with E-state index in [0.717, 1.165) is 31.1 Å². The molecule has 0 amide bonds. The van der Waals surface area contributed by atoms with Crippen LogP contribution < -0.4 is 5.32 Å². The zero-order valence-corrected chi connectivity index (χ0v) is 18.3. The van der Waals surface area contributed by atoms with Crippen molar-refractivity contribution in [2.24, 2.45) is 5.92 Å². The Hall–Kier alpha value is -2.06. The third kappa shape index (κ3) is 3.83. The average molecular weight is 418 g/mol. The number of rotatable bonds is 5. The molecule has 4 heteroatoms. The van der Waals surface area contributed by atoms with Gasteiger partial charge in [-0.15, -0.1) is 0 Å². The van der Waals surface area contributed by atoms with Gasteiger partial charge in [0, 0.05) is 12.6 Å². The Morgan fingerprint density at radius 3 is 2.50 bits per heavy atom. The van der Waals surface area contributed by atoms with Gasteiger partial charge in [-0.2, -0.15) is 0 Å². The minimum absolute atomic E-state index is 0.168. The highest BCUT2D eigenvalue weighted by Crippen LogP contribution is 2.61. The summed E-state index contributed by atoms with van der Waals surface area (Å²) < 4.78 is 16.2. The topological polar surface area (TPSA) is 32.3 Å². The molecule has 1 saturated carbocycles. The van der Waals surface area contributed by atoms with Gasteiger partial charge in [-0.3, -0.25) is 0 Å². The standard InChI is InChI=1S/C26H30N2OP/c29-30-25-18-10-7-15-22(25)26(21-13-5-2-6-14-21)28(30)24-17-9-8-16-23(24)27-19-20-11-3-1-4-12-20/h1-7,11-15,18,22-24,26-27H,8-10,16-17,19H2/q+1/t22?,23-,24-,26+/m0/s1. The molecule has 30 heavy (non-hydrogen) atoms. The number of nitrogens with zero attached hydrogens (tertiary/aromatic N) is 1. The van der Waals surface area contributed by atoms with Crippen molar-refractivity contribution >= 4 is 7.95 Å². The summed E-state index contributed by atoms with van der Waals surface area (Å²) in [6, 6.07) is 22.2. The van der Waals surface area contributed by atoms with Gasteiger partial charge in [-0.1, -0.05) is 90.3 Å². The largest absolute Gasteiger partial charge is 0.471 e. The van der Waals surface area contributed by atoms with Gasteiger partial charge in [0.05, 0.1) is 18.0 Å². The van der Waals surface area contributed by atoms with Crippen LogP contribution in [0, 0.1) is 5.92 Å². The number of nitrogens with one attached hydrogen (secondary N) is 1. The summed E-state index contributed by atoms with van der Waals surface area (Å²) in [5.74, 6) is 0.237. The van der Waals surface area contributed by atoms with Crippen LogP contribution in [0.2, 0.25) is 0 Å². The van der Waals surface area contributed by atoms with Gasteiger partial charge in [0.25, 0.3) is 0 Å². The van der Waals surface area contributed by atoms with Crippen molar-refractivity contribution < 1.29 is 4.57 Å². The van der Waals surface area contributed by atoms with E-state index in [1.807, 2.05) is 0 Å². The zero-order chi connectivity index (χ0) is 20.3. The molecule has 0 bridgehead atoms. The molecule has 2 aromatic rings. The first-order valence-corrected chi connectivity index (χ1v) is 12.5. The highest BCUT2D eigenvalue weighted by molar-refractivity contribution is 7.47. The van der Waals surface area contributed by atoms with E-state index in [-0.39, 0.29) is 12.0 Å². The van der Waals surface area contributed by atoms with Crippen LogP contribution in [0.5, 0.6) is 0 Å². The van der Waals surface area contributed by atoms with Crippen molar-refractivity contribution in [1.29, 1.82) is 0 Å². The summed E-state index contributed by atoms with van der Waals surface area (Å²) in [5, 5.41) is 4.98. The molecular weight excluding hydrogens is 387 g/mol. The zero-order valence-electron chi connectivity index (χ0n) is 17.4. The molecule has 5 atom stereocenters. The van der Waals surface area contributed by atoms with Crippen molar-refractivity contribution in [2.75, 3.05) is 0 Å². The molecule has 5 rings (SSSR count). The molecule has 1 aliphatic heterocycles. The number of allylic oxidation sites excluding steroid dienone is 2. The fourth-order valence-electron chi connectivity index (χ4n) is 5.39. The molecule has 2 fully saturated rings. The Morgan fingerprint density at radius 1 is 0.967 bits per heavy atom. The minimum Gasteiger partial charge on any atom is -0.308 e. The summed E-state index contributed by atoms with van der Waals surface area (Å²) >= 11 is 0. The van der Waals surface area contributed by atoms with Crippen LogP contribution in [0.4, 0.5) is 0 Å². The molecule has 0 spiro atoms. The lowest BCUT2D eigenvalue weighted by Crippen LogP contribution is -2.49. The molecule has 0 radical (unpaired) electrons. The first kappa shape index (κ1) is 19.9. The molecule has 1 heterocycles. The summed E-state index contributed by atoms with van der Waals surface area (Å²) in [6.07, 6.45) is 12.4. The number of hydrogen-bond acceptors (Lipinski definition) is 2. The van der Waals surface area contributed by atoms with Gasteiger partial charge in [-0.05, 0) is 41.0 Å². The maximum Gasteiger partial charge on any atom is 0.471 e. The molecule has 0 aromatic heterocycles. The van der Waals surface area contributed by atoms with Crippen LogP contribution in [0.3, 0.4) is 0 Å². The molecule has 1 saturated heterocycles. The lowest BCUT2D eigenvalue weighted by molar-refractivity contribution is 0.162. The normalized spacial score (nSPS) is 30.1. The van der Waals surface area contributed by atoms with Crippen LogP contribution >= 0.6 is 7.95 Å². The predicted octanol–water partition coefficient (Wildman–Crippen LogP) is 6.35. The second-order valence-corrected chi connectivity index (χ2v) is 10.2. The van der Waals surface area contributed by atoms with Crippen LogP contribution in [-0.2, 0) is 11.1 Å². The first-order valence-electron chi connectivity index (χ1n) is 11.3. The van der Waals surface area contributed by atoms with Crippen molar-refractivity contribution in [3.8, 4) is 0 Å². The van der Waals surface area contributed by atoms with E-state index < -0.39 is 7.95 Å². The quantitative estimate of drug-likeness (QED) is 0.455. The second kappa shape index (κ2) is 8.98. The van der Waals surface area contributed by atoms with Gasteiger partial charge in [0.15, 0.2) is 5.31 Å². The highest BCUT2D eigenvalue weighted by Gasteiger charge is 2.58. The van der Waals surface area contributed by atoms with Crippen molar-refractivity contribution in [3.05, 3.63) is 95.3 Å². The molecule has 2 unspecified atom stereocenters. The van der Waals surface area contributed by atoms with Crippen LogP contribution in [-0.4, -0.2) is 16.8 Å². The summed E-state index contributed by atoms with van der Waals surface area (Å²) in [4.78, 5) is 0. The average Bonchev–Trinajstić information content (AvgIpc) is 3.11. The molecule has 154 valence electrons.